The summed E-state index contributed by atoms with van der Waals surface area (Å²) in [7, 11) is 3.08. The van der Waals surface area contributed by atoms with Crippen molar-refractivity contribution < 1.29 is 19.6 Å². The fourth-order valence-electron chi connectivity index (χ4n) is 2.34. The number of nitrogens with zero attached hydrogens (tertiary/aromatic N) is 1. The molecule has 0 saturated heterocycles. The first-order chi connectivity index (χ1) is 10.8. The lowest BCUT2D eigenvalue weighted by Gasteiger charge is -2.39. The number of halogens is 1. The van der Waals surface area contributed by atoms with Crippen molar-refractivity contribution in [2.45, 2.75) is 13.0 Å². The number of hydrogen-bond acceptors (Lipinski definition) is 4. The highest BCUT2D eigenvalue weighted by Crippen LogP contribution is 2.33. The molecule has 0 aliphatic rings. The van der Waals surface area contributed by atoms with E-state index in [4.69, 9.17) is 4.74 Å². The van der Waals surface area contributed by atoms with Crippen LogP contribution < -0.4 is 4.74 Å². The van der Waals surface area contributed by atoms with Crippen molar-refractivity contribution in [3.8, 4) is 17.2 Å². The maximum Gasteiger partial charge on any atom is 0.161 e. The second-order valence-corrected chi connectivity index (χ2v) is 6.56. The predicted molar refractivity (Wildman–Crippen MR) is 92.3 cm³/mol. The molecule has 0 spiro atoms. The molecule has 0 aliphatic heterocycles. The molecule has 0 aliphatic carbocycles. The number of quaternary nitrogens is 1. The Labute approximate surface area is 144 Å². The number of methoxy groups -OCH3 is 1. The maximum absolute atomic E-state index is 12.7. The summed E-state index contributed by atoms with van der Waals surface area (Å²) in [5.41, 5.74) is 1.73. The third-order valence-corrected chi connectivity index (χ3v) is 4.40. The van der Waals surface area contributed by atoms with Crippen LogP contribution in [0.4, 0.5) is 0 Å². The molecule has 1 unspecified atom stereocenters. The van der Waals surface area contributed by atoms with Crippen LogP contribution in [0.25, 0.3) is 0 Å². The van der Waals surface area contributed by atoms with Crippen LogP contribution in [-0.4, -0.2) is 35.6 Å². The van der Waals surface area contributed by atoms with E-state index in [2.05, 4.69) is 15.9 Å². The van der Waals surface area contributed by atoms with Crippen molar-refractivity contribution in [2.24, 2.45) is 0 Å². The number of hydroxylamine groups is 3. The summed E-state index contributed by atoms with van der Waals surface area (Å²) in [6.45, 7) is 0.625. The third-order valence-electron chi connectivity index (χ3n) is 3.66. The van der Waals surface area contributed by atoms with Gasteiger partial charge in [0.2, 0.25) is 0 Å². The molecule has 6 heteroatoms. The first kappa shape index (κ1) is 17.6. The van der Waals surface area contributed by atoms with E-state index in [9.17, 15) is 15.4 Å². The second kappa shape index (κ2) is 7.21. The van der Waals surface area contributed by atoms with Gasteiger partial charge in [-0.25, -0.2) is 0 Å². The minimum atomic E-state index is -0.467. The second-order valence-electron chi connectivity index (χ2n) is 5.71. The molecular weight excluding hydrogens is 362 g/mol. The Morgan fingerprint density at radius 2 is 1.83 bits per heavy atom. The van der Waals surface area contributed by atoms with Crippen LogP contribution in [-0.2, 0) is 13.0 Å². The number of ether oxygens (including phenoxy) is 1. The molecule has 2 N–H and O–H groups in total. The summed E-state index contributed by atoms with van der Waals surface area (Å²) in [4.78, 5) is 0. The highest BCUT2D eigenvalue weighted by atomic mass is 79.9. The van der Waals surface area contributed by atoms with Crippen LogP contribution in [0.15, 0.2) is 40.9 Å². The normalized spacial score (nSPS) is 13.6. The molecule has 0 amide bonds. The molecule has 0 aromatic heterocycles. The molecule has 0 fully saturated rings. The maximum atomic E-state index is 12.7. The quantitative estimate of drug-likeness (QED) is 0.592. The van der Waals surface area contributed by atoms with Gasteiger partial charge in [0.25, 0.3) is 0 Å². The fraction of sp³-hybridized carbons (Fsp3) is 0.294. The van der Waals surface area contributed by atoms with Crippen LogP contribution in [0.1, 0.15) is 11.1 Å². The molecule has 0 radical (unpaired) electrons. The van der Waals surface area contributed by atoms with Crippen LogP contribution in [0, 0.1) is 5.21 Å². The smallest absolute Gasteiger partial charge is 0.161 e. The van der Waals surface area contributed by atoms with Crippen LogP contribution in [0.5, 0.6) is 17.2 Å². The standard InChI is InChI=1S/C17H20BrNO4/c1-19(22,8-7-12-3-5-14(20)6-4-12)11-13-9-16(21)17(23-2)10-15(13)18/h3-6,9-10,20-21H,7-8,11H2,1-2H3. The molecule has 0 saturated carbocycles. The van der Waals surface area contributed by atoms with Gasteiger partial charge in [-0.15, -0.1) is 0 Å². The van der Waals surface area contributed by atoms with Crippen molar-refractivity contribution in [1.29, 1.82) is 0 Å². The lowest BCUT2D eigenvalue weighted by molar-refractivity contribution is -0.874. The number of likely N-dealkylation sites (N-methyl/N-ethyl adjacent to an activating group) is 1. The SMILES string of the molecule is COc1cc(Br)c(C[N+](C)([O-])CCc2ccc(O)cc2)cc1O. The Balaban J connectivity index is 2.05. The summed E-state index contributed by atoms with van der Waals surface area (Å²) in [5, 5.41) is 31.8. The average molecular weight is 382 g/mol. The zero-order valence-corrected chi connectivity index (χ0v) is 14.7. The first-order valence-corrected chi connectivity index (χ1v) is 7.99. The monoisotopic (exact) mass is 381 g/mol. The number of phenolic OH excluding ortho intramolecular Hbond substituents is 2. The topological polar surface area (TPSA) is 72.8 Å². The van der Waals surface area contributed by atoms with Crippen molar-refractivity contribution in [3.05, 3.63) is 57.2 Å². The molecule has 124 valence electrons. The van der Waals surface area contributed by atoms with Crippen molar-refractivity contribution in [3.63, 3.8) is 0 Å². The van der Waals surface area contributed by atoms with Gasteiger partial charge in [-0.1, -0.05) is 28.1 Å². The Hall–Kier alpha value is -1.76. The van der Waals surface area contributed by atoms with E-state index in [0.29, 0.717) is 18.7 Å². The summed E-state index contributed by atoms with van der Waals surface area (Å²) in [6, 6.07) is 10.1. The zero-order valence-electron chi connectivity index (χ0n) is 13.1. The molecule has 23 heavy (non-hydrogen) atoms. The molecule has 0 bridgehead atoms. The summed E-state index contributed by atoms with van der Waals surface area (Å²) >= 11 is 3.41. The number of hydrogen-bond donors (Lipinski definition) is 2. The van der Waals surface area contributed by atoms with E-state index in [0.717, 1.165) is 15.6 Å². The summed E-state index contributed by atoms with van der Waals surface area (Å²) < 4.78 is 5.31. The Bertz CT molecular complexity index is 671. The highest BCUT2D eigenvalue weighted by molar-refractivity contribution is 9.10. The van der Waals surface area contributed by atoms with Gasteiger partial charge in [-0.05, 0) is 29.8 Å². The Morgan fingerprint density at radius 1 is 1.17 bits per heavy atom. The van der Waals surface area contributed by atoms with Gasteiger partial charge in [-0.3, -0.25) is 0 Å². The van der Waals surface area contributed by atoms with Gasteiger partial charge in [0, 0.05) is 16.5 Å². The van der Waals surface area contributed by atoms with E-state index < -0.39 is 4.65 Å². The number of aromatic hydroxyl groups is 2. The van der Waals surface area contributed by atoms with Crippen molar-refractivity contribution >= 4 is 15.9 Å². The number of rotatable bonds is 6. The van der Waals surface area contributed by atoms with Crippen LogP contribution in [0.3, 0.4) is 0 Å². The molecule has 1 atom stereocenters. The minimum absolute atomic E-state index is 0.0178. The van der Waals surface area contributed by atoms with E-state index in [1.165, 1.54) is 7.11 Å². The Morgan fingerprint density at radius 3 is 2.43 bits per heavy atom. The van der Waals surface area contributed by atoms with E-state index in [1.807, 2.05) is 12.1 Å². The van der Waals surface area contributed by atoms with Crippen molar-refractivity contribution in [1.82, 2.24) is 0 Å². The van der Waals surface area contributed by atoms with Crippen LogP contribution in [0.2, 0.25) is 0 Å². The van der Waals surface area contributed by atoms with Gasteiger partial charge >= 0.3 is 0 Å². The summed E-state index contributed by atoms with van der Waals surface area (Å²) in [5.74, 6) is 0.597. The van der Waals surface area contributed by atoms with Gasteiger partial charge < -0.3 is 24.8 Å². The third kappa shape index (κ3) is 4.86. The average Bonchev–Trinajstić information content (AvgIpc) is 2.50. The molecule has 5 nitrogen and oxygen atoms in total. The van der Waals surface area contributed by atoms with Crippen molar-refractivity contribution in [2.75, 3.05) is 20.7 Å². The predicted octanol–water partition coefficient (Wildman–Crippen LogP) is 3.56. The van der Waals surface area contributed by atoms with Gasteiger partial charge in [0.05, 0.1) is 20.7 Å². The van der Waals surface area contributed by atoms with Crippen LogP contribution >= 0.6 is 15.9 Å². The van der Waals surface area contributed by atoms with Gasteiger partial charge in [0.15, 0.2) is 11.5 Å². The minimum Gasteiger partial charge on any atom is -0.633 e. The lowest BCUT2D eigenvalue weighted by atomic mass is 10.1. The van der Waals surface area contributed by atoms with E-state index in [-0.39, 0.29) is 18.0 Å². The number of benzene rings is 2. The van der Waals surface area contributed by atoms with Gasteiger partial charge in [-0.2, -0.15) is 0 Å². The molecule has 2 rings (SSSR count). The highest BCUT2D eigenvalue weighted by Gasteiger charge is 2.16. The lowest BCUT2D eigenvalue weighted by Crippen LogP contribution is -2.38. The Kier molecular flexibility index (Phi) is 5.51. The fourth-order valence-corrected chi connectivity index (χ4v) is 2.79. The van der Waals surface area contributed by atoms with Gasteiger partial charge in [0.1, 0.15) is 12.3 Å². The molecule has 0 heterocycles. The molecular formula is C17H20BrNO4. The summed E-state index contributed by atoms with van der Waals surface area (Å²) in [6.07, 6.45) is 0.611. The van der Waals surface area contributed by atoms with E-state index >= 15 is 0 Å². The zero-order chi connectivity index (χ0) is 17.0. The first-order valence-electron chi connectivity index (χ1n) is 7.19. The molecule has 2 aromatic rings. The largest absolute Gasteiger partial charge is 0.633 e. The molecule has 2 aromatic carbocycles. The van der Waals surface area contributed by atoms with E-state index in [1.54, 1.807) is 31.3 Å². The number of phenols is 2.